The molecule has 2 aliphatic rings. The van der Waals surface area contributed by atoms with Crippen molar-refractivity contribution in [1.82, 2.24) is 20.9 Å². The van der Waals surface area contributed by atoms with Crippen molar-refractivity contribution in [3.63, 3.8) is 0 Å². The van der Waals surface area contributed by atoms with Gasteiger partial charge in [0, 0.05) is 26.7 Å². The van der Waals surface area contributed by atoms with Crippen LogP contribution in [-0.2, 0) is 4.79 Å². The Kier molecular flexibility index (Phi) is 7.90. The van der Waals surface area contributed by atoms with Crippen molar-refractivity contribution in [2.75, 3.05) is 26.7 Å². The molecule has 2 unspecified atom stereocenters. The summed E-state index contributed by atoms with van der Waals surface area (Å²) in [4.78, 5) is 30.4. The predicted molar refractivity (Wildman–Crippen MR) is 126 cm³/mol. The molecule has 3 N–H and O–H groups in total. The first kappa shape index (κ1) is 23.4. The van der Waals surface area contributed by atoms with Crippen molar-refractivity contribution in [1.29, 1.82) is 0 Å². The van der Waals surface area contributed by atoms with Gasteiger partial charge in [-0.1, -0.05) is 36.8 Å². The fourth-order valence-corrected chi connectivity index (χ4v) is 4.10. The predicted octanol–water partition coefficient (Wildman–Crippen LogP) is 2.60. The van der Waals surface area contributed by atoms with E-state index in [0.29, 0.717) is 5.92 Å². The van der Waals surface area contributed by atoms with Gasteiger partial charge in [-0.25, -0.2) is 4.79 Å². The number of halogens is 1. The van der Waals surface area contributed by atoms with E-state index in [4.69, 9.17) is 0 Å². The van der Waals surface area contributed by atoms with Crippen LogP contribution in [0.2, 0.25) is 0 Å². The maximum absolute atomic E-state index is 12.2. The van der Waals surface area contributed by atoms with Crippen molar-refractivity contribution in [2.24, 2.45) is 10.9 Å². The highest BCUT2D eigenvalue weighted by Crippen LogP contribution is 2.30. The van der Waals surface area contributed by atoms with Crippen molar-refractivity contribution < 1.29 is 9.59 Å². The van der Waals surface area contributed by atoms with Gasteiger partial charge in [-0.05, 0) is 44.1 Å². The van der Waals surface area contributed by atoms with Gasteiger partial charge in [0.15, 0.2) is 5.96 Å². The van der Waals surface area contributed by atoms with Crippen LogP contribution in [0.3, 0.4) is 0 Å². The number of amides is 3. The number of aryl methyl sites for hydroxylation is 1. The number of nitrogens with zero attached hydrogens (tertiary/aromatic N) is 2. The third-order valence-corrected chi connectivity index (χ3v) is 6.11. The first-order chi connectivity index (χ1) is 13.3. The molecule has 0 radical (unpaired) electrons. The maximum Gasteiger partial charge on any atom is 0.322 e. The number of nitrogens with one attached hydrogen (secondary N) is 3. The molecule has 2 saturated heterocycles. The van der Waals surface area contributed by atoms with Crippen LogP contribution in [0, 0.1) is 12.8 Å². The van der Waals surface area contributed by atoms with E-state index in [9.17, 15) is 9.59 Å². The standard InChI is InChI=1S/C21H31N5O2.HI/c1-14-5-7-16(8-6-14)15(2)13-23-19(22-4)26-11-9-17(10-12-26)21(3)18(27)24-20(28)25-21;/h5-8,15,17H,9-13H2,1-4H3,(H,22,23)(H2,24,25,27,28);1H. The summed E-state index contributed by atoms with van der Waals surface area (Å²) in [7, 11) is 1.80. The summed E-state index contributed by atoms with van der Waals surface area (Å²) in [6.45, 7) is 8.55. The Bertz CT molecular complexity index is 759. The summed E-state index contributed by atoms with van der Waals surface area (Å²) in [6, 6.07) is 8.25. The lowest BCUT2D eigenvalue weighted by molar-refractivity contribution is -0.125. The quantitative estimate of drug-likeness (QED) is 0.250. The molecule has 0 aromatic heterocycles. The molecule has 1 aromatic carbocycles. The largest absolute Gasteiger partial charge is 0.356 e. The Hall–Kier alpha value is -1.84. The fourth-order valence-electron chi connectivity index (χ4n) is 4.10. The zero-order chi connectivity index (χ0) is 20.3. The number of rotatable bonds is 4. The van der Waals surface area contributed by atoms with E-state index in [1.165, 1.54) is 11.1 Å². The van der Waals surface area contributed by atoms with Crippen LogP contribution in [0.5, 0.6) is 0 Å². The third-order valence-electron chi connectivity index (χ3n) is 6.11. The lowest BCUT2D eigenvalue weighted by Gasteiger charge is -2.39. The second kappa shape index (κ2) is 9.77. The van der Waals surface area contributed by atoms with Crippen LogP contribution in [0.4, 0.5) is 4.79 Å². The van der Waals surface area contributed by atoms with Gasteiger partial charge < -0.3 is 15.5 Å². The second-order valence-corrected chi connectivity index (χ2v) is 8.11. The number of hydrogen-bond acceptors (Lipinski definition) is 3. The van der Waals surface area contributed by atoms with Crippen LogP contribution >= 0.6 is 24.0 Å². The van der Waals surface area contributed by atoms with Gasteiger partial charge in [-0.15, -0.1) is 24.0 Å². The number of carbonyl (C=O) groups excluding carboxylic acids is 2. The Balaban J connectivity index is 0.00000300. The molecule has 3 amide bonds. The Morgan fingerprint density at radius 2 is 1.90 bits per heavy atom. The number of imide groups is 1. The average Bonchev–Trinajstić information content (AvgIpc) is 2.95. The first-order valence-corrected chi connectivity index (χ1v) is 9.99. The Labute approximate surface area is 190 Å². The molecular weight excluding hydrogens is 481 g/mol. The van der Waals surface area contributed by atoms with Gasteiger partial charge in [0.25, 0.3) is 5.91 Å². The van der Waals surface area contributed by atoms with E-state index in [1.807, 2.05) is 6.92 Å². The minimum atomic E-state index is -0.805. The Morgan fingerprint density at radius 1 is 1.28 bits per heavy atom. The summed E-state index contributed by atoms with van der Waals surface area (Å²) >= 11 is 0. The topological polar surface area (TPSA) is 85.8 Å². The molecule has 7 nitrogen and oxygen atoms in total. The number of carbonyl (C=O) groups is 2. The van der Waals surface area contributed by atoms with Crippen LogP contribution in [0.15, 0.2) is 29.3 Å². The number of hydrogen-bond donors (Lipinski definition) is 3. The number of guanidine groups is 1. The third kappa shape index (κ3) is 5.21. The van der Waals surface area contributed by atoms with E-state index in [-0.39, 0.29) is 35.8 Å². The highest BCUT2D eigenvalue weighted by Gasteiger charge is 2.48. The number of aliphatic imine (C=N–C) groups is 1. The van der Waals surface area contributed by atoms with E-state index >= 15 is 0 Å². The highest BCUT2D eigenvalue weighted by molar-refractivity contribution is 14.0. The fraction of sp³-hybridized carbons (Fsp3) is 0.571. The second-order valence-electron chi connectivity index (χ2n) is 8.11. The van der Waals surface area contributed by atoms with Crippen LogP contribution in [0.25, 0.3) is 0 Å². The van der Waals surface area contributed by atoms with Crippen LogP contribution in [-0.4, -0.2) is 55.0 Å². The lowest BCUT2D eigenvalue weighted by atomic mass is 9.79. The number of urea groups is 1. The molecule has 2 fully saturated rings. The lowest BCUT2D eigenvalue weighted by Crippen LogP contribution is -2.55. The Morgan fingerprint density at radius 3 is 2.41 bits per heavy atom. The van der Waals surface area contributed by atoms with Crippen molar-refractivity contribution >= 4 is 41.9 Å². The average molecular weight is 513 g/mol. The monoisotopic (exact) mass is 513 g/mol. The molecule has 0 spiro atoms. The van der Waals surface area contributed by atoms with Gasteiger partial charge in [0.1, 0.15) is 5.54 Å². The molecule has 0 aliphatic carbocycles. The van der Waals surface area contributed by atoms with Crippen molar-refractivity contribution in [2.45, 2.75) is 45.1 Å². The summed E-state index contributed by atoms with van der Waals surface area (Å²) in [5, 5.41) is 8.66. The first-order valence-electron chi connectivity index (χ1n) is 9.99. The molecule has 0 saturated carbocycles. The number of likely N-dealkylation sites (tertiary alicyclic amines) is 1. The van der Waals surface area contributed by atoms with Gasteiger partial charge in [0.05, 0.1) is 0 Å². The van der Waals surface area contributed by atoms with E-state index in [2.05, 4.69) is 64.0 Å². The molecule has 1 aromatic rings. The minimum Gasteiger partial charge on any atom is -0.356 e. The molecule has 29 heavy (non-hydrogen) atoms. The molecule has 8 heteroatoms. The molecule has 3 rings (SSSR count). The smallest absolute Gasteiger partial charge is 0.322 e. The summed E-state index contributed by atoms with van der Waals surface area (Å²) in [6.07, 6.45) is 1.66. The van der Waals surface area contributed by atoms with Crippen molar-refractivity contribution in [3.8, 4) is 0 Å². The summed E-state index contributed by atoms with van der Waals surface area (Å²) in [5.41, 5.74) is 1.77. The maximum atomic E-state index is 12.2. The summed E-state index contributed by atoms with van der Waals surface area (Å²) in [5.74, 6) is 1.18. The van der Waals surface area contributed by atoms with Crippen molar-refractivity contribution in [3.05, 3.63) is 35.4 Å². The molecule has 160 valence electrons. The molecule has 0 bridgehead atoms. The molecule has 2 heterocycles. The summed E-state index contributed by atoms with van der Waals surface area (Å²) < 4.78 is 0. The molecule has 2 aliphatic heterocycles. The van der Waals surface area contributed by atoms with Gasteiger partial charge >= 0.3 is 6.03 Å². The van der Waals surface area contributed by atoms with Gasteiger partial charge in [-0.2, -0.15) is 0 Å². The van der Waals surface area contributed by atoms with E-state index in [1.54, 1.807) is 7.05 Å². The van der Waals surface area contributed by atoms with E-state index < -0.39 is 11.6 Å². The molecular formula is C21H32IN5O2. The van der Waals surface area contributed by atoms with E-state index in [0.717, 1.165) is 38.4 Å². The van der Waals surface area contributed by atoms with Gasteiger partial charge in [-0.3, -0.25) is 15.1 Å². The minimum absolute atomic E-state index is 0. The molecule has 2 atom stereocenters. The SMILES string of the molecule is CN=C(NCC(C)c1ccc(C)cc1)N1CCC(C2(C)NC(=O)NC2=O)CC1.I. The van der Waals surface area contributed by atoms with Crippen LogP contribution in [0.1, 0.15) is 43.7 Å². The normalized spacial score (nSPS) is 23.9. The van der Waals surface area contributed by atoms with Gasteiger partial charge in [0.2, 0.25) is 0 Å². The highest BCUT2D eigenvalue weighted by atomic mass is 127. The zero-order valence-electron chi connectivity index (χ0n) is 17.6. The zero-order valence-corrected chi connectivity index (χ0v) is 19.9. The number of benzene rings is 1. The van der Waals surface area contributed by atoms with Crippen LogP contribution < -0.4 is 16.0 Å². The number of piperidine rings is 1.